The Morgan fingerprint density at radius 3 is 1.87 bits per heavy atom. The zero-order chi connectivity index (χ0) is 27.3. The van der Waals surface area contributed by atoms with E-state index in [2.05, 4.69) is 11.9 Å². The molecule has 0 aromatic heterocycles. The molecule has 4 rings (SSSR count). The van der Waals surface area contributed by atoms with Gasteiger partial charge in [0.2, 0.25) is 5.91 Å². The van der Waals surface area contributed by atoms with Crippen molar-refractivity contribution in [1.82, 2.24) is 5.32 Å². The normalized spacial score (nSPS) is 22.7. The van der Waals surface area contributed by atoms with Crippen molar-refractivity contribution in [3.63, 3.8) is 0 Å². The van der Waals surface area contributed by atoms with E-state index in [4.69, 9.17) is 23.7 Å². The van der Waals surface area contributed by atoms with Gasteiger partial charge in [0.05, 0.1) is 33.0 Å². The zero-order valence-corrected chi connectivity index (χ0v) is 22.3. The lowest BCUT2D eigenvalue weighted by atomic mass is 9.96. The van der Waals surface area contributed by atoms with Crippen molar-refractivity contribution in [3.05, 3.63) is 120 Å². The molecule has 1 N–H and O–H groups in total. The Bertz CT molecular complexity index is 1130. The van der Waals surface area contributed by atoms with Crippen LogP contribution in [0.5, 0.6) is 0 Å². The number of rotatable bonds is 14. The summed E-state index contributed by atoms with van der Waals surface area (Å²) in [4.78, 5) is 12.3. The molecule has 3 aromatic rings. The summed E-state index contributed by atoms with van der Waals surface area (Å²) < 4.78 is 31.5. The van der Waals surface area contributed by atoms with Crippen molar-refractivity contribution in [2.45, 2.75) is 57.4 Å². The van der Waals surface area contributed by atoms with E-state index >= 15 is 0 Å². The average molecular weight is 532 g/mol. The van der Waals surface area contributed by atoms with Crippen LogP contribution in [0.25, 0.3) is 0 Å². The van der Waals surface area contributed by atoms with Crippen LogP contribution in [0.2, 0.25) is 0 Å². The van der Waals surface area contributed by atoms with Crippen LogP contribution in [0.1, 0.15) is 23.6 Å². The minimum atomic E-state index is -0.786. The average Bonchev–Trinajstić information content (AvgIpc) is 2.96. The van der Waals surface area contributed by atoms with Gasteiger partial charge in [0, 0.05) is 6.92 Å². The topological polar surface area (TPSA) is 75.3 Å². The lowest BCUT2D eigenvalue weighted by molar-refractivity contribution is -0.290. The van der Waals surface area contributed by atoms with E-state index in [9.17, 15) is 4.79 Å². The highest BCUT2D eigenvalue weighted by Crippen LogP contribution is 2.29. The first kappa shape index (κ1) is 28.7. The predicted molar refractivity (Wildman–Crippen MR) is 149 cm³/mol. The molecule has 1 aliphatic rings. The van der Waals surface area contributed by atoms with Gasteiger partial charge in [0.15, 0.2) is 6.29 Å². The third-order valence-electron chi connectivity index (χ3n) is 6.36. The summed E-state index contributed by atoms with van der Waals surface area (Å²) in [6.07, 6.45) is -0.747. The molecule has 5 atom stereocenters. The number of ether oxygens (including phenoxy) is 5. The van der Waals surface area contributed by atoms with Gasteiger partial charge in [-0.15, -0.1) is 6.58 Å². The Morgan fingerprint density at radius 1 is 0.795 bits per heavy atom. The predicted octanol–water partition coefficient (Wildman–Crippen LogP) is 4.81. The van der Waals surface area contributed by atoms with Crippen LogP contribution in [0.15, 0.2) is 104 Å². The van der Waals surface area contributed by atoms with Crippen LogP contribution in [0.4, 0.5) is 0 Å². The lowest BCUT2D eigenvalue weighted by Gasteiger charge is -2.46. The lowest BCUT2D eigenvalue weighted by Crippen LogP contribution is -2.66. The molecule has 1 heterocycles. The summed E-state index contributed by atoms with van der Waals surface area (Å²) in [6, 6.07) is 29.1. The van der Waals surface area contributed by atoms with E-state index in [0.717, 1.165) is 16.7 Å². The molecule has 0 unspecified atom stereocenters. The fraction of sp³-hybridized carbons (Fsp3) is 0.344. The fourth-order valence-electron chi connectivity index (χ4n) is 4.53. The standard InChI is InChI=1S/C32H37NO6/c1-3-19-36-31-29(33-24(2)34)32(38-22-27-17-11-6-12-18-27)39-28(23-35-20-25-13-7-4-8-14-25)30(31)37-21-26-15-9-5-10-16-26/h3-18,28-32H,1,19-23H2,2H3,(H,33,34)/t28-,29+,30-,31-,32+/m1/s1. The van der Waals surface area contributed by atoms with E-state index in [0.29, 0.717) is 19.8 Å². The summed E-state index contributed by atoms with van der Waals surface area (Å²) in [5.74, 6) is -0.218. The molecule has 0 bridgehead atoms. The quantitative estimate of drug-likeness (QED) is 0.301. The maximum atomic E-state index is 12.3. The van der Waals surface area contributed by atoms with Crippen molar-refractivity contribution < 1.29 is 28.5 Å². The summed E-state index contributed by atoms with van der Waals surface area (Å²) >= 11 is 0. The Morgan fingerprint density at radius 2 is 1.33 bits per heavy atom. The molecular weight excluding hydrogens is 494 g/mol. The summed E-state index contributed by atoms with van der Waals surface area (Å²) in [6.45, 7) is 6.88. The van der Waals surface area contributed by atoms with Gasteiger partial charge < -0.3 is 29.0 Å². The number of carbonyl (C=O) groups is 1. The van der Waals surface area contributed by atoms with Gasteiger partial charge in [0.25, 0.3) is 0 Å². The third-order valence-corrected chi connectivity index (χ3v) is 6.36. The van der Waals surface area contributed by atoms with Gasteiger partial charge in [-0.3, -0.25) is 4.79 Å². The molecule has 1 amide bonds. The SMILES string of the molecule is C=CCO[C@@H]1[C@H](NC(C)=O)[C@@H](OCc2ccccc2)O[C@H](COCc2ccccc2)[C@H]1OCc1ccccc1. The number of nitrogens with one attached hydrogen (secondary N) is 1. The number of hydrogen-bond acceptors (Lipinski definition) is 6. The summed E-state index contributed by atoms with van der Waals surface area (Å²) in [5, 5.41) is 2.99. The van der Waals surface area contributed by atoms with Crippen molar-refractivity contribution in [2.75, 3.05) is 13.2 Å². The van der Waals surface area contributed by atoms with Crippen LogP contribution in [-0.4, -0.2) is 49.8 Å². The van der Waals surface area contributed by atoms with Gasteiger partial charge in [-0.25, -0.2) is 0 Å². The maximum Gasteiger partial charge on any atom is 0.217 e. The molecular formula is C32H37NO6. The molecule has 3 aromatic carbocycles. The fourth-order valence-corrected chi connectivity index (χ4v) is 4.53. The van der Waals surface area contributed by atoms with E-state index in [1.54, 1.807) is 6.08 Å². The summed E-state index contributed by atoms with van der Waals surface area (Å²) in [5.41, 5.74) is 3.07. The molecule has 39 heavy (non-hydrogen) atoms. The minimum Gasteiger partial charge on any atom is -0.374 e. The third kappa shape index (κ3) is 8.85. The monoisotopic (exact) mass is 531 g/mol. The van der Waals surface area contributed by atoms with Crippen molar-refractivity contribution >= 4 is 5.91 Å². The smallest absolute Gasteiger partial charge is 0.217 e. The van der Waals surface area contributed by atoms with Crippen LogP contribution < -0.4 is 5.32 Å². The van der Waals surface area contributed by atoms with Gasteiger partial charge >= 0.3 is 0 Å². The number of carbonyl (C=O) groups excluding carboxylic acids is 1. The molecule has 0 spiro atoms. The highest BCUT2D eigenvalue weighted by atomic mass is 16.7. The second kappa shape index (κ2) is 15.3. The molecule has 0 saturated carbocycles. The van der Waals surface area contributed by atoms with Crippen LogP contribution in [0, 0.1) is 0 Å². The van der Waals surface area contributed by atoms with Crippen molar-refractivity contribution in [2.24, 2.45) is 0 Å². The van der Waals surface area contributed by atoms with Crippen molar-refractivity contribution in [1.29, 1.82) is 0 Å². The molecule has 7 heteroatoms. The molecule has 0 aliphatic carbocycles. The van der Waals surface area contributed by atoms with E-state index in [1.165, 1.54) is 6.92 Å². The van der Waals surface area contributed by atoms with E-state index in [1.807, 2.05) is 91.0 Å². The summed E-state index contributed by atoms with van der Waals surface area (Å²) in [7, 11) is 0. The molecule has 1 saturated heterocycles. The number of amides is 1. The molecule has 206 valence electrons. The Labute approximate surface area is 230 Å². The second-order valence-corrected chi connectivity index (χ2v) is 9.41. The number of benzene rings is 3. The van der Waals surface area contributed by atoms with Gasteiger partial charge in [-0.1, -0.05) is 97.1 Å². The molecule has 1 aliphatic heterocycles. The Hall–Kier alpha value is -3.33. The Kier molecular flexibility index (Phi) is 11.3. The van der Waals surface area contributed by atoms with E-state index in [-0.39, 0.29) is 19.1 Å². The van der Waals surface area contributed by atoms with Crippen LogP contribution >= 0.6 is 0 Å². The molecule has 7 nitrogen and oxygen atoms in total. The largest absolute Gasteiger partial charge is 0.374 e. The second-order valence-electron chi connectivity index (χ2n) is 9.41. The minimum absolute atomic E-state index is 0.218. The van der Waals surface area contributed by atoms with Crippen molar-refractivity contribution in [3.8, 4) is 0 Å². The molecule has 0 radical (unpaired) electrons. The first-order chi connectivity index (χ1) is 19.1. The highest BCUT2D eigenvalue weighted by molar-refractivity contribution is 5.73. The maximum absolute atomic E-state index is 12.3. The van der Waals surface area contributed by atoms with Crippen LogP contribution in [-0.2, 0) is 48.3 Å². The number of hydrogen-bond donors (Lipinski definition) is 1. The Balaban J connectivity index is 1.57. The zero-order valence-electron chi connectivity index (χ0n) is 22.3. The van der Waals surface area contributed by atoms with Gasteiger partial charge in [-0.05, 0) is 16.7 Å². The first-order valence-electron chi connectivity index (χ1n) is 13.2. The first-order valence-corrected chi connectivity index (χ1v) is 13.2. The van der Waals surface area contributed by atoms with Crippen LogP contribution in [0.3, 0.4) is 0 Å². The highest BCUT2D eigenvalue weighted by Gasteiger charge is 2.48. The molecule has 1 fully saturated rings. The van der Waals surface area contributed by atoms with E-state index < -0.39 is 30.6 Å². The van der Waals surface area contributed by atoms with Gasteiger partial charge in [-0.2, -0.15) is 0 Å². The van der Waals surface area contributed by atoms with Gasteiger partial charge in [0.1, 0.15) is 24.4 Å².